The Morgan fingerprint density at radius 2 is 1.95 bits per heavy atom. The zero-order valence-corrected chi connectivity index (χ0v) is 20.5. The quantitative estimate of drug-likeness (QED) is 0.523. The molecule has 0 bridgehead atoms. The van der Waals surface area contributed by atoms with Crippen LogP contribution in [0.3, 0.4) is 0 Å². The standard InChI is InChI=1S/C27H27F2N3O5/c1-16-11-27(28,29)22-6-4-3-5-20(22)23-9-17-7-8-18(10-21(17)25(34)32(23)13-16)31-14-19(37-26(31)35)15-36-24(33)12-30-2/h3-10,16,19,30H,11-15H2,1-2H3/t16?,19-/m1/s1. The number of esters is 1. The van der Waals surface area contributed by atoms with Crippen LogP contribution in [0.4, 0.5) is 19.3 Å². The van der Waals surface area contributed by atoms with Crippen molar-refractivity contribution in [3.63, 3.8) is 0 Å². The van der Waals surface area contributed by atoms with Gasteiger partial charge in [-0.15, -0.1) is 0 Å². The number of ether oxygens (including phenoxy) is 2. The number of carbonyl (C=O) groups is 2. The normalized spacial score (nSPS) is 20.5. The molecule has 2 aromatic carbocycles. The number of alkyl halides is 2. The minimum absolute atomic E-state index is 0.0457. The first kappa shape index (κ1) is 24.9. The lowest BCUT2D eigenvalue weighted by atomic mass is 9.89. The lowest BCUT2D eigenvalue weighted by molar-refractivity contribution is -0.144. The Hall–Kier alpha value is -3.79. The molecule has 3 heterocycles. The molecule has 3 aromatic rings. The number of aromatic nitrogens is 1. The number of likely N-dealkylation sites (N-methyl/N-ethyl adjacent to an activating group) is 1. The van der Waals surface area contributed by atoms with Crippen LogP contribution < -0.4 is 15.8 Å². The van der Waals surface area contributed by atoms with Crippen molar-refractivity contribution in [1.82, 2.24) is 9.88 Å². The summed E-state index contributed by atoms with van der Waals surface area (Å²) < 4.78 is 42.1. The predicted octanol–water partition coefficient (Wildman–Crippen LogP) is 3.89. The Bertz CT molecular complexity index is 1440. The molecule has 1 fully saturated rings. The fourth-order valence-corrected chi connectivity index (χ4v) is 5.06. The van der Waals surface area contributed by atoms with Gasteiger partial charge < -0.3 is 19.4 Å². The van der Waals surface area contributed by atoms with Crippen molar-refractivity contribution in [2.24, 2.45) is 5.92 Å². The minimum Gasteiger partial charge on any atom is -0.461 e. The first-order valence-electron chi connectivity index (χ1n) is 12.1. The monoisotopic (exact) mass is 511 g/mol. The summed E-state index contributed by atoms with van der Waals surface area (Å²) in [5, 5.41) is 3.64. The number of pyridine rings is 1. The Labute approximate surface area is 211 Å². The Morgan fingerprint density at radius 3 is 2.73 bits per heavy atom. The van der Waals surface area contributed by atoms with Crippen molar-refractivity contribution >= 4 is 28.5 Å². The van der Waals surface area contributed by atoms with Gasteiger partial charge in [0.2, 0.25) is 0 Å². The molecule has 1 saturated heterocycles. The first-order valence-corrected chi connectivity index (χ1v) is 12.1. The van der Waals surface area contributed by atoms with E-state index in [1.807, 2.05) is 0 Å². The number of nitrogens with zero attached hydrogens (tertiary/aromatic N) is 2. The average molecular weight is 512 g/mol. The highest BCUT2D eigenvalue weighted by Gasteiger charge is 2.38. The van der Waals surface area contributed by atoms with Gasteiger partial charge in [-0.2, -0.15) is 0 Å². The Balaban J connectivity index is 1.52. The molecule has 1 aromatic heterocycles. The summed E-state index contributed by atoms with van der Waals surface area (Å²) in [4.78, 5) is 39.2. The highest BCUT2D eigenvalue weighted by atomic mass is 19.3. The van der Waals surface area contributed by atoms with Crippen molar-refractivity contribution in [1.29, 1.82) is 0 Å². The van der Waals surface area contributed by atoms with Crippen LogP contribution in [-0.2, 0) is 26.7 Å². The number of amides is 1. The fourth-order valence-electron chi connectivity index (χ4n) is 5.06. The SMILES string of the molecule is CNCC(=O)OC[C@H]1CN(c2ccc3cc4n(c(=O)c3c2)CC(C)CC(F)(F)c2ccccc2-4)C(=O)O1. The van der Waals surface area contributed by atoms with E-state index in [1.165, 1.54) is 11.0 Å². The summed E-state index contributed by atoms with van der Waals surface area (Å²) in [5.41, 5.74) is 0.834. The number of carbonyl (C=O) groups excluding carboxylic acids is 2. The van der Waals surface area contributed by atoms with Crippen molar-refractivity contribution in [3.05, 3.63) is 64.4 Å². The van der Waals surface area contributed by atoms with Crippen molar-refractivity contribution in [2.75, 3.05) is 31.6 Å². The predicted molar refractivity (Wildman–Crippen MR) is 134 cm³/mol. The molecule has 0 aliphatic carbocycles. The van der Waals surface area contributed by atoms with Crippen LogP contribution in [0.2, 0.25) is 0 Å². The van der Waals surface area contributed by atoms with Crippen molar-refractivity contribution in [2.45, 2.75) is 31.9 Å². The molecule has 2 aliphatic rings. The number of fused-ring (bicyclic) bond motifs is 4. The minimum atomic E-state index is -3.01. The van der Waals surface area contributed by atoms with Gasteiger partial charge in [0, 0.05) is 35.2 Å². The van der Waals surface area contributed by atoms with E-state index >= 15 is 8.78 Å². The molecule has 37 heavy (non-hydrogen) atoms. The van der Waals surface area contributed by atoms with E-state index < -0.39 is 30.0 Å². The summed E-state index contributed by atoms with van der Waals surface area (Å²) in [6.45, 7) is 1.98. The van der Waals surface area contributed by atoms with Gasteiger partial charge in [-0.3, -0.25) is 14.5 Å². The zero-order chi connectivity index (χ0) is 26.3. The number of hydrogen-bond donors (Lipinski definition) is 1. The van der Waals surface area contributed by atoms with Crippen LogP contribution in [0, 0.1) is 5.92 Å². The van der Waals surface area contributed by atoms with Crippen LogP contribution in [0.15, 0.2) is 53.3 Å². The summed E-state index contributed by atoms with van der Waals surface area (Å²) in [6.07, 6.45) is -1.61. The molecule has 194 valence electrons. The largest absolute Gasteiger partial charge is 0.461 e. The lowest BCUT2D eigenvalue weighted by Gasteiger charge is -2.29. The molecule has 0 spiro atoms. The molecule has 5 rings (SSSR count). The lowest BCUT2D eigenvalue weighted by Crippen LogP contribution is -2.31. The number of halogens is 2. The maximum Gasteiger partial charge on any atom is 0.414 e. The van der Waals surface area contributed by atoms with Gasteiger partial charge in [0.05, 0.1) is 18.8 Å². The molecule has 0 saturated carbocycles. The van der Waals surface area contributed by atoms with Gasteiger partial charge in [-0.1, -0.05) is 37.3 Å². The van der Waals surface area contributed by atoms with Crippen LogP contribution in [0.25, 0.3) is 22.0 Å². The summed E-state index contributed by atoms with van der Waals surface area (Å²) in [7, 11) is 1.62. The molecule has 1 N–H and O–H groups in total. The third-order valence-electron chi connectivity index (χ3n) is 6.73. The second-order valence-electron chi connectivity index (χ2n) is 9.61. The maximum atomic E-state index is 15.1. The molecule has 2 aliphatic heterocycles. The van der Waals surface area contributed by atoms with Crippen molar-refractivity contribution < 1.29 is 27.8 Å². The molecule has 1 unspecified atom stereocenters. The molecular formula is C27H27F2N3O5. The van der Waals surface area contributed by atoms with Gasteiger partial charge in [0.25, 0.3) is 11.5 Å². The highest BCUT2D eigenvalue weighted by Crippen LogP contribution is 2.42. The number of cyclic esters (lactones) is 1. The van der Waals surface area contributed by atoms with E-state index in [0.717, 1.165) is 0 Å². The maximum absolute atomic E-state index is 15.1. The van der Waals surface area contributed by atoms with E-state index in [4.69, 9.17) is 9.47 Å². The molecule has 1 amide bonds. The smallest absolute Gasteiger partial charge is 0.414 e. The van der Waals surface area contributed by atoms with Crippen LogP contribution in [-0.4, -0.2) is 49.5 Å². The zero-order valence-electron chi connectivity index (χ0n) is 20.5. The van der Waals surface area contributed by atoms with Crippen molar-refractivity contribution in [3.8, 4) is 11.3 Å². The molecule has 10 heteroatoms. The average Bonchev–Trinajstić information content (AvgIpc) is 3.24. The van der Waals surface area contributed by atoms with Gasteiger partial charge in [-0.05, 0) is 36.6 Å². The first-order chi connectivity index (χ1) is 17.7. The van der Waals surface area contributed by atoms with E-state index in [-0.39, 0.29) is 43.8 Å². The summed E-state index contributed by atoms with van der Waals surface area (Å²) >= 11 is 0. The Kier molecular flexibility index (Phi) is 6.45. The second kappa shape index (κ2) is 9.59. The number of anilines is 1. The highest BCUT2D eigenvalue weighted by molar-refractivity contribution is 5.95. The van der Waals surface area contributed by atoms with Gasteiger partial charge in [-0.25, -0.2) is 13.6 Å². The second-order valence-corrected chi connectivity index (χ2v) is 9.61. The number of benzene rings is 2. The third kappa shape index (κ3) is 4.69. The number of rotatable bonds is 5. The van der Waals surface area contributed by atoms with Crippen LogP contribution in [0.5, 0.6) is 0 Å². The van der Waals surface area contributed by atoms with E-state index in [1.54, 1.807) is 61.0 Å². The van der Waals surface area contributed by atoms with Gasteiger partial charge in [0.1, 0.15) is 6.61 Å². The topological polar surface area (TPSA) is 89.9 Å². The molecule has 0 radical (unpaired) electrons. The number of hydrogen-bond acceptors (Lipinski definition) is 6. The number of nitrogens with one attached hydrogen (secondary N) is 1. The third-order valence-corrected chi connectivity index (χ3v) is 6.73. The fraction of sp³-hybridized carbons (Fsp3) is 0.370. The van der Waals surface area contributed by atoms with Gasteiger partial charge in [0.15, 0.2) is 6.10 Å². The van der Waals surface area contributed by atoms with E-state index in [2.05, 4.69) is 5.32 Å². The van der Waals surface area contributed by atoms with E-state index in [9.17, 15) is 14.4 Å². The van der Waals surface area contributed by atoms with Crippen LogP contribution >= 0.6 is 0 Å². The molecule has 8 nitrogen and oxygen atoms in total. The molecular weight excluding hydrogens is 484 g/mol. The van der Waals surface area contributed by atoms with E-state index in [0.29, 0.717) is 27.7 Å². The summed E-state index contributed by atoms with van der Waals surface area (Å²) in [5.74, 6) is -3.91. The van der Waals surface area contributed by atoms with Gasteiger partial charge >= 0.3 is 12.1 Å². The summed E-state index contributed by atoms with van der Waals surface area (Å²) in [6, 6.07) is 13.1. The Morgan fingerprint density at radius 1 is 1.16 bits per heavy atom. The molecule has 2 atom stereocenters. The van der Waals surface area contributed by atoms with Crippen LogP contribution in [0.1, 0.15) is 18.9 Å².